The van der Waals surface area contributed by atoms with E-state index in [0.717, 1.165) is 34.1 Å². The van der Waals surface area contributed by atoms with Crippen LogP contribution in [0.25, 0.3) is 43.1 Å². The molecule has 0 aliphatic carbocycles. The Morgan fingerprint density at radius 3 is 1.35 bits per heavy atom. The summed E-state index contributed by atoms with van der Waals surface area (Å²) in [5.41, 5.74) is -0.621. The summed E-state index contributed by atoms with van der Waals surface area (Å²) in [6.45, 7) is 1.21. The Morgan fingerprint density at radius 2 is 0.889 bits per heavy atom. The number of nitrogens with one attached hydrogen (secondary N) is 1. The lowest BCUT2D eigenvalue weighted by atomic mass is 9.89. The SMILES string of the molecule is O=C1c2cccc3c2c(cc2ccc(C(F)(F)F)cc23)C(=O)N1CCCCNCCCN1C(=O)c2cccc3c2c(cc2ccc(C(F)(F)F)cc23)C1=O. The number of nitrogens with zero attached hydrogens (tertiary/aromatic N) is 2. The molecule has 0 saturated heterocycles. The fourth-order valence-electron chi connectivity index (χ4n) is 7.65. The molecule has 0 spiro atoms. The molecular formula is C41H29F6N3O4. The van der Waals surface area contributed by atoms with E-state index in [-0.39, 0.29) is 35.3 Å². The molecular weight excluding hydrogens is 712 g/mol. The van der Waals surface area contributed by atoms with Crippen molar-refractivity contribution in [1.82, 2.24) is 15.1 Å². The first-order valence-electron chi connectivity index (χ1n) is 17.3. The van der Waals surface area contributed by atoms with E-state index in [2.05, 4.69) is 5.32 Å². The van der Waals surface area contributed by atoms with Gasteiger partial charge in [-0.1, -0.05) is 36.4 Å². The number of amides is 4. The lowest BCUT2D eigenvalue weighted by molar-refractivity contribution is -0.138. The van der Waals surface area contributed by atoms with Crippen molar-refractivity contribution in [2.45, 2.75) is 31.6 Å². The quantitative estimate of drug-likeness (QED) is 0.0692. The Labute approximate surface area is 303 Å². The summed E-state index contributed by atoms with van der Waals surface area (Å²) in [6.07, 6.45) is -7.61. The molecule has 0 fully saturated rings. The zero-order valence-corrected chi connectivity index (χ0v) is 28.3. The number of halogens is 6. The topological polar surface area (TPSA) is 86.8 Å². The van der Waals surface area contributed by atoms with Crippen molar-refractivity contribution >= 4 is 66.7 Å². The van der Waals surface area contributed by atoms with E-state index in [1.807, 2.05) is 0 Å². The van der Waals surface area contributed by atoms with Crippen LogP contribution in [-0.4, -0.2) is 59.6 Å². The van der Waals surface area contributed by atoms with Gasteiger partial charge in [-0.25, -0.2) is 0 Å². The van der Waals surface area contributed by atoms with Crippen molar-refractivity contribution in [3.8, 4) is 0 Å². The van der Waals surface area contributed by atoms with Crippen LogP contribution in [0.4, 0.5) is 26.3 Å². The van der Waals surface area contributed by atoms with Crippen LogP contribution in [0, 0.1) is 0 Å². The molecule has 0 unspecified atom stereocenters. The second kappa shape index (κ2) is 12.9. The number of hydrogen-bond donors (Lipinski definition) is 1. The third-order valence-corrected chi connectivity index (χ3v) is 10.2. The van der Waals surface area contributed by atoms with Gasteiger partial charge in [-0.2, -0.15) is 26.3 Å². The number of fused-ring (bicyclic) bond motifs is 4. The molecule has 0 bridgehead atoms. The summed E-state index contributed by atoms with van der Waals surface area (Å²) in [5, 5.41) is 6.27. The lowest BCUT2D eigenvalue weighted by Crippen LogP contribution is -2.41. The predicted octanol–water partition coefficient (Wildman–Crippen LogP) is 8.99. The van der Waals surface area contributed by atoms with E-state index in [0.29, 0.717) is 75.4 Å². The molecule has 8 rings (SSSR count). The average molecular weight is 742 g/mol. The monoisotopic (exact) mass is 741 g/mol. The zero-order valence-electron chi connectivity index (χ0n) is 28.3. The molecule has 4 amide bonds. The van der Waals surface area contributed by atoms with Gasteiger partial charge in [-0.05, 0) is 113 Å². The largest absolute Gasteiger partial charge is 0.416 e. The summed E-state index contributed by atoms with van der Waals surface area (Å²) in [6, 6.07) is 19.3. The van der Waals surface area contributed by atoms with E-state index in [1.165, 1.54) is 24.3 Å². The molecule has 2 aliphatic heterocycles. The molecule has 2 heterocycles. The van der Waals surface area contributed by atoms with Crippen molar-refractivity contribution in [1.29, 1.82) is 0 Å². The third-order valence-electron chi connectivity index (χ3n) is 10.2. The lowest BCUT2D eigenvalue weighted by Gasteiger charge is -2.28. The van der Waals surface area contributed by atoms with Gasteiger partial charge in [0.15, 0.2) is 0 Å². The van der Waals surface area contributed by atoms with Gasteiger partial charge in [0.25, 0.3) is 23.6 Å². The summed E-state index contributed by atoms with van der Waals surface area (Å²) in [5.74, 6) is -2.05. The van der Waals surface area contributed by atoms with E-state index in [4.69, 9.17) is 0 Å². The van der Waals surface area contributed by atoms with Crippen molar-refractivity contribution in [2.75, 3.05) is 26.2 Å². The fourth-order valence-corrected chi connectivity index (χ4v) is 7.65. The number of carbonyl (C=O) groups excluding carboxylic acids is 4. The molecule has 7 nitrogen and oxygen atoms in total. The van der Waals surface area contributed by atoms with E-state index >= 15 is 0 Å². The minimum absolute atomic E-state index is 0.111. The van der Waals surface area contributed by atoms with Crippen LogP contribution < -0.4 is 5.32 Å². The standard InChI is InChI=1S/C41H29F6N3O4/c42-40(43,44)24-12-10-22-18-32-34-26(30(22)20-24)6-3-8-28(34)36(51)49(38(32)53)16-2-1-14-48-15-5-17-50-37(52)29-9-4-7-27-31-21-25(41(45,46)47)13-11-23(31)19-33(35(27)29)39(50)54/h3-4,6-13,18-21,48H,1-2,5,14-17H2. The van der Waals surface area contributed by atoms with Gasteiger partial charge >= 0.3 is 12.4 Å². The van der Waals surface area contributed by atoms with Gasteiger partial charge < -0.3 is 5.32 Å². The number of unbranched alkanes of at least 4 members (excludes halogenated alkanes) is 1. The summed E-state index contributed by atoms with van der Waals surface area (Å²) in [7, 11) is 0. The Balaban J connectivity index is 0.879. The summed E-state index contributed by atoms with van der Waals surface area (Å²) in [4.78, 5) is 56.3. The van der Waals surface area contributed by atoms with E-state index in [1.54, 1.807) is 36.4 Å². The first-order valence-corrected chi connectivity index (χ1v) is 17.3. The van der Waals surface area contributed by atoms with E-state index < -0.39 is 47.1 Å². The molecule has 0 atom stereocenters. The maximum Gasteiger partial charge on any atom is 0.416 e. The van der Waals surface area contributed by atoms with Crippen molar-refractivity contribution in [3.05, 3.63) is 118 Å². The molecule has 2 aliphatic rings. The summed E-state index contributed by atoms with van der Waals surface area (Å²) >= 11 is 0. The zero-order chi connectivity index (χ0) is 38.1. The van der Waals surface area contributed by atoms with Crippen LogP contribution in [-0.2, 0) is 12.4 Å². The number of imide groups is 2. The second-order valence-electron chi connectivity index (χ2n) is 13.5. The normalized spacial score (nSPS) is 14.8. The molecule has 54 heavy (non-hydrogen) atoms. The number of carbonyl (C=O) groups is 4. The highest BCUT2D eigenvalue weighted by Crippen LogP contribution is 2.40. The van der Waals surface area contributed by atoms with Crippen LogP contribution in [0.2, 0.25) is 0 Å². The average Bonchev–Trinajstić information content (AvgIpc) is 3.14. The van der Waals surface area contributed by atoms with Gasteiger partial charge in [-0.15, -0.1) is 0 Å². The van der Waals surface area contributed by atoms with Crippen LogP contribution >= 0.6 is 0 Å². The van der Waals surface area contributed by atoms with Crippen molar-refractivity contribution in [3.63, 3.8) is 0 Å². The van der Waals surface area contributed by atoms with Gasteiger partial charge in [0.05, 0.1) is 11.1 Å². The number of benzene rings is 6. The highest BCUT2D eigenvalue weighted by atomic mass is 19.4. The van der Waals surface area contributed by atoms with Crippen LogP contribution in [0.15, 0.2) is 84.9 Å². The predicted molar refractivity (Wildman–Crippen MR) is 190 cm³/mol. The maximum atomic E-state index is 13.6. The van der Waals surface area contributed by atoms with Crippen molar-refractivity contribution < 1.29 is 45.5 Å². The van der Waals surface area contributed by atoms with Gasteiger partial charge in [0.1, 0.15) is 0 Å². The third kappa shape index (κ3) is 5.83. The molecule has 13 heteroatoms. The summed E-state index contributed by atoms with van der Waals surface area (Å²) < 4.78 is 80.7. The molecule has 1 N–H and O–H groups in total. The Hall–Kier alpha value is -5.82. The minimum Gasteiger partial charge on any atom is -0.317 e. The number of rotatable bonds is 9. The molecule has 274 valence electrons. The molecule has 0 radical (unpaired) electrons. The van der Waals surface area contributed by atoms with Crippen LogP contribution in [0.1, 0.15) is 71.8 Å². The smallest absolute Gasteiger partial charge is 0.317 e. The van der Waals surface area contributed by atoms with Crippen LogP contribution in [0.5, 0.6) is 0 Å². The van der Waals surface area contributed by atoms with Gasteiger partial charge in [-0.3, -0.25) is 29.0 Å². The first kappa shape index (κ1) is 35.2. The molecule has 6 aromatic carbocycles. The van der Waals surface area contributed by atoms with Gasteiger partial charge in [0.2, 0.25) is 0 Å². The highest BCUT2D eigenvalue weighted by molar-refractivity contribution is 6.30. The van der Waals surface area contributed by atoms with Crippen LogP contribution in [0.3, 0.4) is 0 Å². The Kier molecular flexibility index (Phi) is 8.44. The molecule has 6 aromatic rings. The van der Waals surface area contributed by atoms with Crippen molar-refractivity contribution in [2.24, 2.45) is 0 Å². The number of alkyl halides is 6. The number of hydrogen-bond acceptors (Lipinski definition) is 5. The molecule has 0 saturated carbocycles. The fraction of sp³-hybridized carbons (Fsp3) is 0.220. The molecule has 0 aromatic heterocycles. The maximum absolute atomic E-state index is 13.6. The Morgan fingerprint density at radius 1 is 0.463 bits per heavy atom. The van der Waals surface area contributed by atoms with Gasteiger partial charge in [0, 0.05) is 46.1 Å². The highest BCUT2D eigenvalue weighted by Gasteiger charge is 2.36. The minimum atomic E-state index is -4.55. The first-order chi connectivity index (χ1) is 25.7. The van der Waals surface area contributed by atoms with E-state index in [9.17, 15) is 45.5 Å². The second-order valence-corrected chi connectivity index (χ2v) is 13.5. The Bertz CT molecular complexity index is 2420.